The van der Waals surface area contributed by atoms with Crippen molar-refractivity contribution in [3.63, 3.8) is 0 Å². The van der Waals surface area contributed by atoms with Gasteiger partial charge in [0.25, 0.3) is 0 Å². The number of piperazine rings is 1. The fourth-order valence-corrected chi connectivity index (χ4v) is 9.38. The van der Waals surface area contributed by atoms with Crippen molar-refractivity contribution in [2.24, 2.45) is 5.92 Å². The predicted molar refractivity (Wildman–Crippen MR) is 250 cm³/mol. The molecule has 3 amide bonds. The molecule has 3 saturated heterocycles. The van der Waals surface area contributed by atoms with Crippen LogP contribution in [-0.4, -0.2) is 100 Å². The number of aromatic amines is 1. The van der Waals surface area contributed by atoms with Crippen LogP contribution in [0.25, 0.3) is 33.4 Å². The average molecular weight is 863 g/mol. The van der Waals surface area contributed by atoms with E-state index in [9.17, 15) is 14.4 Å². The first-order valence-electron chi connectivity index (χ1n) is 22.7. The second-order valence-electron chi connectivity index (χ2n) is 18.8. The lowest BCUT2D eigenvalue weighted by Gasteiger charge is -2.40. The molecule has 0 radical (unpaired) electrons. The number of amides is 3. The third kappa shape index (κ3) is 9.28. The highest BCUT2D eigenvalue weighted by Crippen LogP contribution is 2.34. The summed E-state index contributed by atoms with van der Waals surface area (Å²) in [6.07, 6.45) is 5.59. The number of ketones is 1. The number of piperidine rings is 1. The largest absolute Gasteiger partial charge is 0.372 e. The summed E-state index contributed by atoms with van der Waals surface area (Å²) < 4.78 is 5.34. The van der Waals surface area contributed by atoms with E-state index in [0.717, 1.165) is 97.7 Å². The highest BCUT2D eigenvalue weighted by Gasteiger charge is 2.28. The summed E-state index contributed by atoms with van der Waals surface area (Å²) >= 11 is 0. The first kappa shape index (κ1) is 42.9. The van der Waals surface area contributed by atoms with Gasteiger partial charge in [0.2, 0.25) is 23.4 Å². The molecule has 3 aliphatic rings. The van der Waals surface area contributed by atoms with Gasteiger partial charge in [-0.2, -0.15) is 10.1 Å². The van der Waals surface area contributed by atoms with Gasteiger partial charge in [-0.15, -0.1) is 0 Å². The Morgan fingerprint density at radius 1 is 0.844 bits per heavy atom. The monoisotopic (exact) mass is 862 g/mol. The molecule has 1 atom stereocenters. The number of H-pyrrole nitrogens is 1. The van der Waals surface area contributed by atoms with Crippen LogP contribution in [0.15, 0.2) is 83.5 Å². The van der Waals surface area contributed by atoms with E-state index < -0.39 is 0 Å². The molecule has 3 aliphatic heterocycles. The van der Waals surface area contributed by atoms with Crippen LogP contribution in [0.2, 0.25) is 0 Å². The zero-order valence-electron chi connectivity index (χ0n) is 37.6. The Labute approximate surface area is 374 Å². The number of nitrogens with one attached hydrogen (secondary N) is 2. The molecule has 0 aliphatic carbocycles. The van der Waals surface area contributed by atoms with Crippen molar-refractivity contribution in [3.05, 3.63) is 102 Å². The first-order valence-corrected chi connectivity index (χ1v) is 22.7. The Hall–Kier alpha value is -6.41. The Morgan fingerprint density at radius 2 is 1.59 bits per heavy atom. The molecule has 6 heterocycles. The third-order valence-electron chi connectivity index (χ3n) is 13.2. The van der Waals surface area contributed by atoms with Gasteiger partial charge >= 0.3 is 6.03 Å². The quantitative estimate of drug-likeness (QED) is 0.114. The molecule has 0 saturated carbocycles. The van der Waals surface area contributed by atoms with Gasteiger partial charge in [0.15, 0.2) is 5.65 Å². The number of pyridine rings is 1. The third-order valence-corrected chi connectivity index (χ3v) is 13.2. The molecular weight excluding hydrogens is 805 g/mol. The molecule has 2 N–H and O–H groups in total. The summed E-state index contributed by atoms with van der Waals surface area (Å²) in [5, 5.41) is 15.1. The fraction of sp³-hybridized carbons (Fsp3) is 0.420. The van der Waals surface area contributed by atoms with Crippen molar-refractivity contribution < 1.29 is 18.9 Å². The van der Waals surface area contributed by atoms with Gasteiger partial charge in [0, 0.05) is 110 Å². The zero-order chi connectivity index (χ0) is 44.5. The number of rotatable bonds is 12. The topological polar surface area (TPSA) is 157 Å². The van der Waals surface area contributed by atoms with Crippen molar-refractivity contribution in [1.82, 2.24) is 35.5 Å². The number of anilines is 3. The Bertz CT molecular complexity index is 2650. The minimum absolute atomic E-state index is 0.102. The Morgan fingerprint density at radius 3 is 2.31 bits per heavy atom. The molecule has 3 aromatic heterocycles. The first-order chi connectivity index (χ1) is 30.9. The molecule has 332 valence electrons. The van der Waals surface area contributed by atoms with Crippen LogP contribution in [0.1, 0.15) is 93.4 Å². The average Bonchev–Trinajstić information content (AvgIpc) is 3.98. The van der Waals surface area contributed by atoms with Crippen LogP contribution >= 0.6 is 0 Å². The van der Waals surface area contributed by atoms with Gasteiger partial charge in [-0.1, -0.05) is 57.1 Å². The van der Waals surface area contributed by atoms with Crippen LogP contribution in [0.3, 0.4) is 0 Å². The molecule has 3 aromatic carbocycles. The summed E-state index contributed by atoms with van der Waals surface area (Å²) in [7, 11) is 0. The van der Waals surface area contributed by atoms with E-state index in [1.807, 2.05) is 39.1 Å². The highest BCUT2D eigenvalue weighted by molar-refractivity contribution is 6.05. The molecule has 6 aromatic rings. The van der Waals surface area contributed by atoms with Gasteiger partial charge < -0.3 is 14.3 Å². The zero-order valence-corrected chi connectivity index (χ0v) is 37.6. The van der Waals surface area contributed by atoms with E-state index in [-0.39, 0.29) is 34.9 Å². The second kappa shape index (κ2) is 18.0. The number of benzene rings is 3. The highest BCUT2D eigenvalue weighted by atomic mass is 16.5. The van der Waals surface area contributed by atoms with E-state index in [4.69, 9.17) is 9.51 Å². The number of Topliss-reactive ketones (excluding diaryl/α,β-unsaturated/α-hetero) is 1. The second-order valence-corrected chi connectivity index (χ2v) is 18.8. The summed E-state index contributed by atoms with van der Waals surface area (Å²) in [4.78, 5) is 55.1. The normalized spacial score (nSPS) is 17.3. The summed E-state index contributed by atoms with van der Waals surface area (Å²) in [5.41, 5.74) is 10.1. The number of aryl methyl sites for hydroxylation is 1. The summed E-state index contributed by atoms with van der Waals surface area (Å²) in [6.45, 7) is 17.9. The minimum atomic E-state index is -0.349. The molecule has 0 unspecified atom stereocenters. The van der Waals surface area contributed by atoms with Crippen molar-refractivity contribution in [1.29, 1.82) is 0 Å². The van der Waals surface area contributed by atoms with Crippen LogP contribution in [-0.2, 0) is 10.2 Å². The van der Waals surface area contributed by atoms with E-state index in [2.05, 4.69) is 115 Å². The Kier molecular flexibility index (Phi) is 12.1. The minimum Gasteiger partial charge on any atom is -0.372 e. The fourth-order valence-electron chi connectivity index (χ4n) is 9.38. The Balaban J connectivity index is 0.778. The number of imide groups is 1. The number of aromatic nitrogens is 5. The van der Waals surface area contributed by atoms with Crippen molar-refractivity contribution in [2.45, 2.75) is 78.1 Å². The molecule has 9 rings (SSSR count). The molecule has 0 bridgehead atoms. The summed E-state index contributed by atoms with van der Waals surface area (Å²) in [6, 6.07) is 25.3. The van der Waals surface area contributed by atoms with Crippen molar-refractivity contribution >= 4 is 45.8 Å². The molecule has 14 heteroatoms. The lowest BCUT2D eigenvalue weighted by atomic mass is 9.90. The van der Waals surface area contributed by atoms with Crippen molar-refractivity contribution in [3.8, 4) is 22.4 Å². The predicted octanol–water partition coefficient (Wildman–Crippen LogP) is 8.53. The molecule has 14 nitrogen and oxygen atoms in total. The number of carbonyl (C=O) groups excluding carboxylic acids is 3. The van der Waals surface area contributed by atoms with Crippen LogP contribution in [0.4, 0.5) is 21.9 Å². The standard InChI is InChI=1S/C50H58N10O4/c1-32(9-16-43(61)47-53-48(64-56-47)50(3,4)5)41-15-10-36(27-33(41)2)45-42-29-37(30-51-46(42)55-54-45)35-7-6-8-40(28-35)59-25-23-57(24-26-59)31-34-17-20-58(21-18-34)38-11-13-39(14-12-38)60-22-19-44(62)52-49(60)63/h6-8,10-15,27-30,32,34H,9,16-26,31H2,1-5H3,(H,51,54,55)(H,52,62,63)/t32-/m0/s1. The van der Waals surface area contributed by atoms with Gasteiger partial charge in [-0.25, -0.2) is 9.78 Å². The van der Waals surface area contributed by atoms with Crippen molar-refractivity contribution in [2.75, 3.05) is 67.1 Å². The number of hydrogen-bond donors (Lipinski definition) is 2. The van der Waals surface area contributed by atoms with Crippen LogP contribution in [0.5, 0.6) is 0 Å². The number of carbonyl (C=O) groups is 3. The van der Waals surface area contributed by atoms with Gasteiger partial charge in [-0.3, -0.25) is 29.8 Å². The lowest BCUT2D eigenvalue weighted by Crippen LogP contribution is -2.49. The van der Waals surface area contributed by atoms with E-state index in [0.29, 0.717) is 43.3 Å². The number of hydrogen-bond acceptors (Lipinski definition) is 11. The van der Waals surface area contributed by atoms with Crippen LogP contribution in [0, 0.1) is 12.8 Å². The van der Waals surface area contributed by atoms with Gasteiger partial charge in [-0.05, 0) is 103 Å². The summed E-state index contributed by atoms with van der Waals surface area (Å²) in [5.74, 6) is 1.15. The van der Waals surface area contributed by atoms with E-state index in [1.54, 1.807) is 4.90 Å². The van der Waals surface area contributed by atoms with Crippen LogP contribution < -0.4 is 20.0 Å². The molecule has 3 fully saturated rings. The number of nitrogens with zero attached hydrogens (tertiary/aromatic N) is 8. The van der Waals surface area contributed by atoms with E-state index >= 15 is 0 Å². The van der Waals surface area contributed by atoms with Gasteiger partial charge in [0.1, 0.15) is 0 Å². The smallest absolute Gasteiger partial charge is 0.328 e. The molecule has 64 heavy (non-hydrogen) atoms. The maximum Gasteiger partial charge on any atom is 0.328 e. The maximum absolute atomic E-state index is 12.9. The number of urea groups is 1. The molecular formula is C50H58N10O4. The molecule has 0 spiro atoms. The lowest BCUT2D eigenvalue weighted by molar-refractivity contribution is -0.120. The van der Waals surface area contributed by atoms with Gasteiger partial charge in [0.05, 0.1) is 5.69 Å². The SMILES string of the molecule is Cc1cc(-c2[nH]nc3ncc(-c4cccc(N5CCN(CC6CCN(c7ccc(N8CCC(=O)NC8=O)cc7)CC6)CC5)c4)cc23)ccc1[C@@H](C)CCC(=O)c1noc(C(C)(C)C)n1. The van der Waals surface area contributed by atoms with E-state index in [1.165, 1.54) is 16.9 Å². The maximum atomic E-state index is 12.9. The number of fused-ring (bicyclic) bond motifs is 1.